The number of hydrogen-bond donors (Lipinski definition) is 3. The van der Waals surface area contributed by atoms with Crippen LogP contribution >= 0.6 is 0 Å². The molecule has 142 valence electrons. The Labute approximate surface area is 154 Å². The average Bonchev–Trinajstić information content (AvgIpc) is 2.68. The van der Waals surface area contributed by atoms with E-state index in [1.807, 2.05) is 36.1 Å². The van der Waals surface area contributed by atoms with Gasteiger partial charge in [-0.25, -0.2) is 4.79 Å². The number of rotatable bonds is 4. The first-order valence-electron chi connectivity index (χ1n) is 9.34. The van der Waals surface area contributed by atoms with Gasteiger partial charge < -0.3 is 25.6 Å². The van der Waals surface area contributed by atoms with Crippen LogP contribution in [-0.4, -0.2) is 62.3 Å². The molecule has 7 heteroatoms. The second kappa shape index (κ2) is 9.00. The van der Waals surface area contributed by atoms with Gasteiger partial charge in [0.1, 0.15) is 6.10 Å². The fourth-order valence-electron chi connectivity index (χ4n) is 3.41. The maximum absolute atomic E-state index is 12.6. The topological polar surface area (TPSA) is 82.7 Å². The summed E-state index contributed by atoms with van der Waals surface area (Å²) >= 11 is 0. The van der Waals surface area contributed by atoms with E-state index in [1.54, 1.807) is 0 Å². The number of piperidine rings is 1. The number of aryl methyl sites for hydroxylation is 1. The third kappa shape index (κ3) is 5.19. The molecule has 2 saturated heterocycles. The number of carbonyl (C=O) groups excluding carboxylic acids is 2. The number of carbonyl (C=O) groups is 2. The van der Waals surface area contributed by atoms with E-state index >= 15 is 0 Å². The van der Waals surface area contributed by atoms with Crippen molar-refractivity contribution in [1.29, 1.82) is 0 Å². The Morgan fingerprint density at radius 3 is 2.85 bits per heavy atom. The number of likely N-dealkylation sites (tertiary alicyclic amines) is 1. The summed E-state index contributed by atoms with van der Waals surface area (Å²) in [5.41, 5.74) is 1.93. The van der Waals surface area contributed by atoms with Gasteiger partial charge in [-0.05, 0) is 37.8 Å². The van der Waals surface area contributed by atoms with Crippen molar-refractivity contribution in [3.05, 3.63) is 29.8 Å². The zero-order chi connectivity index (χ0) is 18.4. The maximum atomic E-state index is 12.6. The van der Waals surface area contributed by atoms with Crippen molar-refractivity contribution in [2.75, 3.05) is 44.6 Å². The normalized spacial score (nSPS) is 23.3. The van der Waals surface area contributed by atoms with E-state index in [1.165, 1.54) is 0 Å². The lowest BCUT2D eigenvalue weighted by atomic mass is 9.97. The Morgan fingerprint density at radius 2 is 2.12 bits per heavy atom. The molecule has 1 aromatic rings. The molecular weight excluding hydrogens is 332 g/mol. The molecule has 7 nitrogen and oxygen atoms in total. The van der Waals surface area contributed by atoms with Crippen LogP contribution in [0.1, 0.15) is 18.4 Å². The third-order valence-electron chi connectivity index (χ3n) is 4.89. The van der Waals surface area contributed by atoms with E-state index in [2.05, 4.69) is 16.0 Å². The van der Waals surface area contributed by atoms with Gasteiger partial charge in [0.2, 0.25) is 0 Å². The van der Waals surface area contributed by atoms with Crippen LogP contribution in [0, 0.1) is 12.8 Å². The van der Waals surface area contributed by atoms with E-state index in [4.69, 9.17) is 4.74 Å². The van der Waals surface area contributed by atoms with Crippen LogP contribution in [0.5, 0.6) is 0 Å². The fourth-order valence-corrected chi connectivity index (χ4v) is 3.41. The lowest BCUT2D eigenvalue weighted by molar-refractivity contribution is -0.147. The van der Waals surface area contributed by atoms with Crippen molar-refractivity contribution < 1.29 is 14.3 Å². The van der Waals surface area contributed by atoms with Crippen LogP contribution in [0.4, 0.5) is 10.5 Å². The van der Waals surface area contributed by atoms with Gasteiger partial charge >= 0.3 is 6.03 Å². The zero-order valence-electron chi connectivity index (χ0n) is 15.3. The first-order chi connectivity index (χ1) is 12.6. The highest BCUT2D eigenvalue weighted by molar-refractivity contribution is 5.89. The molecule has 1 aromatic carbocycles. The van der Waals surface area contributed by atoms with Gasteiger partial charge in [0.05, 0.1) is 6.61 Å². The Balaban J connectivity index is 1.43. The van der Waals surface area contributed by atoms with Crippen LogP contribution in [0.2, 0.25) is 0 Å². The predicted molar refractivity (Wildman–Crippen MR) is 100 cm³/mol. The second-order valence-corrected chi connectivity index (χ2v) is 7.06. The summed E-state index contributed by atoms with van der Waals surface area (Å²) in [6.07, 6.45) is 1.59. The third-order valence-corrected chi connectivity index (χ3v) is 4.89. The molecule has 2 atom stereocenters. The van der Waals surface area contributed by atoms with Crippen LogP contribution in [0.3, 0.4) is 0 Å². The minimum absolute atomic E-state index is 0.0611. The largest absolute Gasteiger partial charge is 0.366 e. The highest BCUT2D eigenvalue weighted by Gasteiger charge is 2.30. The van der Waals surface area contributed by atoms with Gasteiger partial charge in [-0.3, -0.25) is 4.79 Å². The summed E-state index contributed by atoms with van der Waals surface area (Å²) < 4.78 is 5.57. The van der Waals surface area contributed by atoms with Gasteiger partial charge in [0.25, 0.3) is 5.91 Å². The van der Waals surface area contributed by atoms with Gasteiger partial charge in [-0.2, -0.15) is 0 Å². The molecule has 0 aliphatic carbocycles. The Kier molecular flexibility index (Phi) is 6.46. The minimum atomic E-state index is -0.375. The molecule has 0 saturated carbocycles. The second-order valence-electron chi connectivity index (χ2n) is 7.06. The molecular formula is C19H28N4O3. The quantitative estimate of drug-likeness (QED) is 0.757. The number of urea groups is 1. The van der Waals surface area contributed by atoms with E-state index in [0.717, 1.165) is 37.2 Å². The van der Waals surface area contributed by atoms with Crippen LogP contribution in [-0.2, 0) is 9.53 Å². The van der Waals surface area contributed by atoms with Crippen LogP contribution in [0.25, 0.3) is 0 Å². The van der Waals surface area contributed by atoms with Crippen molar-refractivity contribution in [2.24, 2.45) is 5.92 Å². The summed E-state index contributed by atoms with van der Waals surface area (Å²) in [5, 5.41) is 8.95. The molecule has 2 unspecified atom stereocenters. The molecule has 2 aliphatic heterocycles. The molecule has 2 aliphatic rings. The number of morpholine rings is 1. The van der Waals surface area contributed by atoms with Crippen LogP contribution in [0.15, 0.2) is 24.3 Å². The standard InChI is InChI=1S/C19H28N4O3/c1-14-4-6-16(7-5-14)22-19(25)21-11-15-3-2-9-23(13-15)18(24)17-12-20-8-10-26-17/h4-7,15,17,20H,2-3,8-13H2,1H3,(H2,21,22,25). The number of nitrogens with one attached hydrogen (secondary N) is 3. The number of ether oxygens (including phenoxy) is 1. The molecule has 26 heavy (non-hydrogen) atoms. The fraction of sp³-hybridized carbons (Fsp3) is 0.579. The first-order valence-corrected chi connectivity index (χ1v) is 9.34. The smallest absolute Gasteiger partial charge is 0.319 e. The molecule has 0 radical (unpaired) electrons. The van der Waals surface area contributed by atoms with Crippen LogP contribution < -0.4 is 16.0 Å². The monoisotopic (exact) mass is 360 g/mol. The van der Waals surface area contributed by atoms with Gasteiger partial charge in [0.15, 0.2) is 0 Å². The highest BCUT2D eigenvalue weighted by atomic mass is 16.5. The summed E-state index contributed by atoms with van der Waals surface area (Å²) in [5.74, 6) is 0.332. The van der Waals surface area contributed by atoms with Gasteiger partial charge in [0, 0.05) is 38.4 Å². The number of hydrogen-bond acceptors (Lipinski definition) is 4. The number of anilines is 1. The SMILES string of the molecule is Cc1ccc(NC(=O)NCC2CCCN(C(=O)C3CNCCO3)C2)cc1. The van der Waals surface area contributed by atoms with Crippen molar-refractivity contribution in [2.45, 2.75) is 25.9 Å². The summed E-state index contributed by atoms with van der Waals surface area (Å²) in [6.45, 7) is 5.96. The minimum Gasteiger partial charge on any atom is -0.366 e. The number of benzene rings is 1. The molecule has 3 rings (SSSR count). The summed E-state index contributed by atoms with van der Waals surface area (Å²) in [7, 11) is 0. The molecule has 2 heterocycles. The number of nitrogens with zero attached hydrogens (tertiary/aromatic N) is 1. The summed E-state index contributed by atoms with van der Waals surface area (Å²) in [6, 6.07) is 7.48. The average molecular weight is 360 g/mol. The summed E-state index contributed by atoms with van der Waals surface area (Å²) in [4.78, 5) is 26.5. The zero-order valence-corrected chi connectivity index (χ0v) is 15.3. The van der Waals surface area contributed by atoms with Crippen molar-refractivity contribution in [3.63, 3.8) is 0 Å². The molecule has 2 fully saturated rings. The highest BCUT2D eigenvalue weighted by Crippen LogP contribution is 2.18. The molecule has 0 aromatic heterocycles. The van der Waals surface area contributed by atoms with E-state index in [9.17, 15) is 9.59 Å². The van der Waals surface area contributed by atoms with Gasteiger partial charge in [-0.15, -0.1) is 0 Å². The first kappa shape index (κ1) is 18.7. The lowest BCUT2D eigenvalue weighted by Gasteiger charge is -2.36. The van der Waals surface area contributed by atoms with E-state index in [-0.39, 0.29) is 24.0 Å². The Bertz CT molecular complexity index is 614. The maximum Gasteiger partial charge on any atom is 0.319 e. The molecule has 3 N–H and O–H groups in total. The predicted octanol–water partition coefficient (Wildman–Crippen LogP) is 1.34. The molecule has 0 bridgehead atoms. The Hall–Kier alpha value is -2.12. The van der Waals surface area contributed by atoms with Gasteiger partial charge in [-0.1, -0.05) is 17.7 Å². The van der Waals surface area contributed by atoms with E-state index in [0.29, 0.717) is 26.2 Å². The molecule has 3 amide bonds. The van der Waals surface area contributed by atoms with E-state index < -0.39 is 0 Å². The van der Waals surface area contributed by atoms with Crippen molar-refractivity contribution in [3.8, 4) is 0 Å². The number of amides is 3. The Morgan fingerprint density at radius 1 is 1.31 bits per heavy atom. The van der Waals surface area contributed by atoms with Crippen molar-refractivity contribution >= 4 is 17.6 Å². The van der Waals surface area contributed by atoms with Crippen molar-refractivity contribution in [1.82, 2.24) is 15.5 Å². The molecule has 0 spiro atoms. The lowest BCUT2D eigenvalue weighted by Crippen LogP contribution is -2.52.